The van der Waals surface area contributed by atoms with E-state index in [0.29, 0.717) is 24.3 Å². The summed E-state index contributed by atoms with van der Waals surface area (Å²) in [4.78, 5) is 11.8. The number of halogens is 1. The molecule has 0 bridgehead atoms. The summed E-state index contributed by atoms with van der Waals surface area (Å²) in [7, 11) is -4.87. The molecular formula is C12H17ClN2O4S2. The quantitative estimate of drug-likeness (QED) is 0.738. The number of hydrogen-bond acceptors (Lipinski definition) is 4. The van der Waals surface area contributed by atoms with Gasteiger partial charge in [0.2, 0.25) is 10.0 Å². The van der Waals surface area contributed by atoms with Gasteiger partial charge in [0.25, 0.3) is 5.91 Å². The van der Waals surface area contributed by atoms with Crippen LogP contribution in [0.3, 0.4) is 0 Å². The molecule has 1 aromatic carbocycles. The summed E-state index contributed by atoms with van der Waals surface area (Å²) in [6.07, 6.45) is 2.15. The second kappa shape index (κ2) is 7.35. The number of hydrogen-bond donors (Lipinski definition) is 2. The van der Waals surface area contributed by atoms with E-state index >= 15 is 0 Å². The highest BCUT2D eigenvalue weighted by molar-refractivity contribution is 7.89. The maximum atomic E-state index is 12.0. The van der Waals surface area contributed by atoms with E-state index < -0.39 is 26.7 Å². The summed E-state index contributed by atoms with van der Waals surface area (Å²) in [6.45, 7) is 1.86. The van der Waals surface area contributed by atoms with E-state index in [9.17, 15) is 17.4 Å². The van der Waals surface area contributed by atoms with E-state index in [1.165, 1.54) is 19.1 Å². The number of primary sulfonamides is 1. The lowest BCUT2D eigenvalue weighted by atomic mass is 10.1. The summed E-state index contributed by atoms with van der Waals surface area (Å²) in [5.74, 6) is 0.0286. The number of sulfonamides is 1. The van der Waals surface area contributed by atoms with Crippen molar-refractivity contribution in [3.63, 3.8) is 0 Å². The highest BCUT2D eigenvalue weighted by Crippen LogP contribution is 2.24. The van der Waals surface area contributed by atoms with Gasteiger partial charge >= 0.3 is 0 Å². The van der Waals surface area contributed by atoms with Crippen molar-refractivity contribution in [3.05, 3.63) is 28.3 Å². The molecule has 6 nitrogen and oxygen atoms in total. The van der Waals surface area contributed by atoms with Crippen molar-refractivity contribution in [3.8, 4) is 0 Å². The molecule has 1 amide bonds. The van der Waals surface area contributed by atoms with Gasteiger partial charge in [-0.1, -0.05) is 11.6 Å². The molecular weight excluding hydrogens is 336 g/mol. The first kappa shape index (κ1) is 18.1. The Morgan fingerprint density at radius 2 is 2.05 bits per heavy atom. The standard InChI is InChI=1S/C12H17ClN2O4S2/c1-8-10(13)6-9(7-11(8)21(14,18)19)12(16)15-4-3-5-20(2)17/h6-7H,3-5H2,1-2H3,(H,15,16)(H2,14,18,19). The molecule has 9 heteroatoms. The average molecular weight is 353 g/mol. The van der Waals surface area contributed by atoms with Crippen molar-refractivity contribution >= 4 is 38.3 Å². The van der Waals surface area contributed by atoms with Crippen molar-refractivity contribution in [1.82, 2.24) is 5.32 Å². The smallest absolute Gasteiger partial charge is 0.251 e. The Kier molecular flexibility index (Phi) is 6.33. The second-order valence-corrected chi connectivity index (χ2v) is 8.00. The fourth-order valence-electron chi connectivity index (χ4n) is 1.66. The lowest BCUT2D eigenvalue weighted by Gasteiger charge is -2.10. The molecule has 0 radical (unpaired) electrons. The Labute approximate surface area is 131 Å². The largest absolute Gasteiger partial charge is 0.352 e. The third-order valence-electron chi connectivity index (χ3n) is 2.76. The highest BCUT2D eigenvalue weighted by atomic mass is 35.5. The van der Waals surface area contributed by atoms with Gasteiger partial charge in [-0.3, -0.25) is 9.00 Å². The van der Waals surface area contributed by atoms with Crippen LogP contribution in [0, 0.1) is 6.92 Å². The van der Waals surface area contributed by atoms with Crippen molar-refractivity contribution < 1.29 is 17.4 Å². The molecule has 0 aromatic heterocycles. The molecule has 118 valence electrons. The third-order valence-corrected chi connectivity index (χ3v) is 5.05. The number of carbonyl (C=O) groups excluding carboxylic acids is 1. The van der Waals surface area contributed by atoms with E-state index in [1.54, 1.807) is 6.26 Å². The highest BCUT2D eigenvalue weighted by Gasteiger charge is 2.18. The van der Waals surface area contributed by atoms with Crippen LogP contribution in [0.1, 0.15) is 22.3 Å². The van der Waals surface area contributed by atoms with Gasteiger partial charge in [-0.2, -0.15) is 0 Å². The van der Waals surface area contributed by atoms with E-state index in [-0.39, 0.29) is 15.5 Å². The molecule has 1 unspecified atom stereocenters. The molecule has 1 aromatic rings. The molecule has 0 aliphatic carbocycles. The zero-order chi connectivity index (χ0) is 16.2. The van der Waals surface area contributed by atoms with Crippen LogP contribution in [-0.2, 0) is 20.8 Å². The van der Waals surface area contributed by atoms with Crippen LogP contribution >= 0.6 is 11.6 Å². The first-order valence-corrected chi connectivity index (χ1v) is 9.69. The topological polar surface area (TPSA) is 106 Å². The predicted molar refractivity (Wildman–Crippen MR) is 83.4 cm³/mol. The number of nitrogens with one attached hydrogen (secondary N) is 1. The molecule has 0 aliphatic rings. The van der Waals surface area contributed by atoms with Crippen LogP contribution in [0.15, 0.2) is 17.0 Å². The van der Waals surface area contributed by atoms with Gasteiger partial charge in [-0.05, 0) is 31.0 Å². The van der Waals surface area contributed by atoms with Gasteiger partial charge in [-0.25, -0.2) is 13.6 Å². The van der Waals surface area contributed by atoms with Gasteiger partial charge in [0, 0.05) is 39.9 Å². The van der Waals surface area contributed by atoms with Crippen molar-refractivity contribution in [2.24, 2.45) is 5.14 Å². The number of amides is 1. The number of rotatable bonds is 6. The Morgan fingerprint density at radius 3 is 2.57 bits per heavy atom. The third kappa shape index (κ3) is 5.39. The van der Waals surface area contributed by atoms with Crippen molar-refractivity contribution in [1.29, 1.82) is 0 Å². The monoisotopic (exact) mass is 352 g/mol. The van der Waals surface area contributed by atoms with Gasteiger partial charge in [-0.15, -0.1) is 0 Å². The maximum Gasteiger partial charge on any atom is 0.251 e. The molecule has 21 heavy (non-hydrogen) atoms. The summed E-state index contributed by atoms with van der Waals surface area (Å²) in [5.41, 5.74) is 0.421. The predicted octanol–water partition coefficient (Wildman–Crippen LogP) is 0.794. The zero-order valence-electron chi connectivity index (χ0n) is 11.7. The number of carbonyl (C=O) groups is 1. The summed E-state index contributed by atoms with van der Waals surface area (Å²) < 4.78 is 33.8. The molecule has 1 atom stereocenters. The van der Waals surface area contributed by atoms with Crippen LogP contribution < -0.4 is 10.5 Å². The molecule has 0 heterocycles. The van der Waals surface area contributed by atoms with Crippen LogP contribution in [0.4, 0.5) is 0 Å². The first-order chi connectivity index (χ1) is 9.62. The van der Waals surface area contributed by atoms with Gasteiger partial charge in [0.1, 0.15) is 0 Å². The summed E-state index contributed by atoms with van der Waals surface area (Å²) >= 11 is 5.93. The average Bonchev–Trinajstić information content (AvgIpc) is 2.35. The number of benzene rings is 1. The minimum Gasteiger partial charge on any atom is -0.352 e. The van der Waals surface area contributed by atoms with E-state index in [1.807, 2.05) is 0 Å². The Balaban J connectivity index is 2.91. The summed E-state index contributed by atoms with van der Waals surface area (Å²) in [6, 6.07) is 2.59. The van der Waals surface area contributed by atoms with Crippen LogP contribution in [-0.4, -0.2) is 37.1 Å². The fourth-order valence-corrected chi connectivity index (χ4v) is 3.31. The van der Waals surface area contributed by atoms with Gasteiger partial charge in [0.15, 0.2) is 0 Å². The lowest BCUT2D eigenvalue weighted by molar-refractivity contribution is 0.0953. The second-order valence-electron chi connectivity index (χ2n) is 4.51. The van der Waals surface area contributed by atoms with E-state index in [4.69, 9.17) is 16.7 Å². The van der Waals surface area contributed by atoms with Gasteiger partial charge < -0.3 is 5.32 Å². The van der Waals surface area contributed by atoms with Crippen LogP contribution in [0.2, 0.25) is 5.02 Å². The first-order valence-electron chi connectivity index (χ1n) is 6.04. The van der Waals surface area contributed by atoms with Crippen LogP contribution in [0.25, 0.3) is 0 Å². The lowest BCUT2D eigenvalue weighted by Crippen LogP contribution is -2.26. The molecule has 0 fully saturated rings. The Bertz CT molecular complexity index is 674. The normalized spacial score (nSPS) is 13.0. The van der Waals surface area contributed by atoms with Crippen LogP contribution in [0.5, 0.6) is 0 Å². The van der Waals surface area contributed by atoms with Crippen molar-refractivity contribution in [2.45, 2.75) is 18.2 Å². The molecule has 0 saturated heterocycles. The number of nitrogens with two attached hydrogens (primary N) is 1. The van der Waals surface area contributed by atoms with Gasteiger partial charge in [0.05, 0.1) is 4.90 Å². The molecule has 0 saturated carbocycles. The maximum absolute atomic E-state index is 12.0. The minimum absolute atomic E-state index is 0.118. The Morgan fingerprint density at radius 1 is 1.43 bits per heavy atom. The minimum atomic E-state index is -3.95. The molecule has 1 rings (SSSR count). The molecule has 3 N–H and O–H groups in total. The molecule has 0 aliphatic heterocycles. The zero-order valence-corrected chi connectivity index (χ0v) is 14.1. The fraction of sp³-hybridized carbons (Fsp3) is 0.417. The van der Waals surface area contributed by atoms with E-state index in [0.717, 1.165) is 0 Å². The Hall–Kier alpha value is -0.960. The van der Waals surface area contributed by atoms with Crippen molar-refractivity contribution in [2.75, 3.05) is 18.6 Å². The molecule has 0 spiro atoms. The SMILES string of the molecule is Cc1c(Cl)cc(C(=O)NCCCS(C)=O)cc1S(N)(=O)=O. The van der Waals surface area contributed by atoms with E-state index in [2.05, 4.69) is 5.32 Å². The summed E-state index contributed by atoms with van der Waals surface area (Å²) in [5, 5.41) is 7.86.